The molecule has 0 aliphatic carbocycles. The summed E-state index contributed by atoms with van der Waals surface area (Å²) < 4.78 is 0. The molecule has 2 atom stereocenters. The van der Waals surface area contributed by atoms with E-state index >= 15 is 0 Å². The van der Waals surface area contributed by atoms with Crippen LogP contribution in [-0.4, -0.2) is 27.9 Å². The van der Waals surface area contributed by atoms with Crippen LogP contribution in [0.1, 0.15) is 30.1 Å². The van der Waals surface area contributed by atoms with E-state index in [1.165, 1.54) is 0 Å². The van der Waals surface area contributed by atoms with Crippen LogP contribution in [0, 0.1) is 0 Å². The smallest absolute Gasteiger partial charge is 0.310 e. The van der Waals surface area contributed by atoms with Crippen molar-refractivity contribution >= 4 is 5.97 Å². The first-order chi connectivity index (χ1) is 7.06. The standard InChI is InChI=1S/C11H14O4/c1-7(11(14)15)8-2-4-9(5-3-8)10(13)6-12/h2-5,7,10,12-13H,6H2,1H3,(H,14,15). The van der Waals surface area contributed by atoms with Gasteiger partial charge in [0, 0.05) is 0 Å². The summed E-state index contributed by atoms with van der Waals surface area (Å²) in [4.78, 5) is 10.7. The summed E-state index contributed by atoms with van der Waals surface area (Å²) in [6, 6.07) is 6.53. The zero-order valence-electron chi connectivity index (χ0n) is 8.42. The maximum Gasteiger partial charge on any atom is 0.310 e. The summed E-state index contributed by atoms with van der Waals surface area (Å²) in [6.07, 6.45) is -0.904. The van der Waals surface area contributed by atoms with Crippen LogP contribution < -0.4 is 0 Å². The minimum atomic E-state index is -0.904. The summed E-state index contributed by atoms with van der Waals surface area (Å²) in [5.74, 6) is -1.45. The minimum absolute atomic E-state index is 0.339. The Bertz CT molecular complexity index is 331. The molecule has 1 aromatic rings. The van der Waals surface area contributed by atoms with Gasteiger partial charge in [-0.15, -0.1) is 0 Å². The second-order valence-corrected chi connectivity index (χ2v) is 3.42. The maximum atomic E-state index is 10.7. The fraction of sp³-hybridized carbons (Fsp3) is 0.364. The van der Waals surface area contributed by atoms with Crippen molar-refractivity contribution < 1.29 is 20.1 Å². The van der Waals surface area contributed by atoms with Gasteiger partial charge in [0.1, 0.15) is 6.10 Å². The number of rotatable bonds is 4. The molecule has 0 aliphatic heterocycles. The number of hydrogen-bond acceptors (Lipinski definition) is 3. The molecule has 0 heterocycles. The Labute approximate surface area is 87.8 Å². The van der Waals surface area contributed by atoms with Crippen LogP contribution >= 0.6 is 0 Å². The molecule has 4 heteroatoms. The highest BCUT2D eigenvalue weighted by molar-refractivity contribution is 5.75. The fourth-order valence-corrected chi connectivity index (χ4v) is 1.25. The molecule has 2 unspecified atom stereocenters. The van der Waals surface area contributed by atoms with Crippen molar-refractivity contribution in [1.29, 1.82) is 0 Å². The number of benzene rings is 1. The van der Waals surface area contributed by atoms with Crippen molar-refractivity contribution in [2.45, 2.75) is 18.9 Å². The van der Waals surface area contributed by atoms with Crippen molar-refractivity contribution in [1.82, 2.24) is 0 Å². The molecule has 0 aliphatic rings. The van der Waals surface area contributed by atoms with Gasteiger partial charge in [-0.25, -0.2) is 0 Å². The second kappa shape index (κ2) is 4.91. The average molecular weight is 210 g/mol. The van der Waals surface area contributed by atoms with Gasteiger partial charge in [0.15, 0.2) is 0 Å². The summed E-state index contributed by atoms with van der Waals surface area (Å²) in [5.41, 5.74) is 1.26. The predicted octanol–water partition coefficient (Wildman–Crippen LogP) is 0.900. The van der Waals surface area contributed by atoms with Gasteiger partial charge in [-0.1, -0.05) is 24.3 Å². The second-order valence-electron chi connectivity index (χ2n) is 3.42. The van der Waals surface area contributed by atoms with E-state index in [4.69, 9.17) is 10.2 Å². The van der Waals surface area contributed by atoms with Gasteiger partial charge in [0.25, 0.3) is 0 Å². The fourth-order valence-electron chi connectivity index (χ4n) is 1.25. The maximum absolute atomic E-state index is 10.7. The van der Waals surface area contributed by atoms with Crippen molar-refractivity contribution in [3.05, 3.63) is 35.4 Å². The summed E-state index contributed by atoms with van der Waals surface area (Å²) in [6.45, 7) is 1.26. The molecular formula is C11H14O4. The topological polar surface area (TPSA) is 77.8 Å². The molecule has 0 bridgehead atoms. The molecule has 0 spiro atoms. The van der Waals surface area contributed by atoms with Gasteiger partial charge in [0.2, 0.25) is 0 Å². The first-order valence-corrected chi connectivity index (χ1v) is 4.68. The van der Waals surface area contributed by atoms with E-state index < -0.39 is 18.0 Å². The first-order valence-electron chi connectivity index (χ1n) is 4.68. The Kier molecular flexibility index (Phi) is 3.82. The van der Waals surface area contributed by atoms with Gasteiger partial charge >= 0.3 is 5.97 Å². The zero-order chi connectivity index (χ0) is 11.4. The van der Waals surface area contributed by atoms with Gasteiger partial charge < -0.3 is 15.3 Å². The number of carbonyl (C=O) groups is 1. The lowest BCUT2D eigenvalue weighted by atomic mass is 9.99. The molecule has 15 heavy (non-hydrogen) atoms. The summed E-state index contributed by atoms with van der Waals surface area (Å²) >= 11 is 0. The monoisotopic (exact) mass is 210 g/mol. The minimum Gasteiger partial charge on any atom is -0.481 e. The highest BCUT2D eigenvalue weighted by Gasteiger charge is 2.14. The SMILES string of the molecule is CC(C(=O)O)c1ccc(C(O)CO)cc1. The molecule has 82 valence electrons. The van der Waals surface area contributed by atoms with Gasteiger partial charge in [-0.2, -0.15) is 0 Å². The van der Waals surface area contributed by atoms with Gasteiger partial charge in [-0.05, 0) is 18.1 Å². The highest BCUT2D eigenvalue weighted by Crippen LogP contribution is 2.19. The molecule has 4 nitrogen and oxygen atoms in total. The average Bonchev–Trinajstić information content (AvgIpc) is 2.27. The molecule has 0 saturated heterocycles. The van der Waals surface area contributed by atoms with Crippen LogP contribution in [0.25, 0.3) is 0 Å². The molecule has 0 radical (unpaired) electrons. The quantitative estimate of drug-likeness (QED) is 0.690. The highest BCUT2D eigenvalue weighted by atomic mass is 16.4. The van der Waals surface area contributed by atoms with Crippen molar-refractivity contribution in [3.63, 3.8) is 0 Å². The van der Waals surface area contributed by atoms with Crippen molar-refractivity contribution in [2.24, 2.45) is 0 Å². The molecule has 0 saturated carbocycles. The number of carboxylic acid groups (broad SMARTS) is 1. The van der Waals surface area contributed by atoms with Crippen LogP contribution in [0.3, 0.4) is 0 Å². The lowest BCUT2D eigenvalue weighted by Gasteiger charge is -2.10. The van der Waals surface area contributed by atoms with Crippen LogP contribution in [0.4, 0.5) is 0 Å². The first kappa shape index (κ1) is 11.7. The molecule has 0 fully saturated rings. The molecular weight excluding hydrogens is 196 g/mol. The Morgan fingerprint density at radius 3 is 2.13 bits per heavy atom. The summed E-state index contributed by atoms with van der Waals surface area (Å²) in [5, 5.41) is 26.8. The molecule has 3 N–H and O–H groups in total. The van der Waals surface area contributed by atoms with Crippen LogP contribution in [0.2, 0.25) is 0 Å². The Hall–Kier alpha value is -1.39. The van der Waals surface area contributed by atoms with Crippen LogP contribution in [0.5, 0.6) is 0 Å². The summed E-state index contributed by atoms with van der Waals surface area (Å²) in [7, 11) is 0. The van der Waals surface area contributed by atoms with Crippen molar-refractivity contribution in [2.75, 3.05) is 6.61 Å². The third kappa shape index (κ3) is 2.78. The van der Waals surface area contributed by atoms with Crippen LogP contribution in [-0.2, 0) is 4.79 Å². The van der Waals surface area contributed by atoms with E-state index in [0.29, 0.717) is 11.1 Å². The van der Waals surface area contributed by atoms with Gasteiger partial charge in [-0.3, -0.25) is 4.79 Å². The van der Waals surface area contributed by atoms with E-state index in [0.717, 1.165) is 0 Å². The molecule has 0 aromatic heterocycles. The van der Waals surface area contributed by atoms with E-state index in [-0.39, 0.29) is 6.61 Å². The number of aliphatic hydroxyl groups excluding tert-OH is 2. The number of aliphatic hydroxyl groups is 2. The zero-order valence-corrected chi connectivity index (χ0v) is 8.42. The molecule has 1 rings (SSSR count). The van der Waals surface area contributed by atoms with E-state index in [1.807, 2.05) is 0 Å². The number of carboxylic acids is 1. The van der Waals surface area contributed by atoms with Gasteiger partial charge in [0.05, 0.1) is 12.5 Å². The third-order valence-electron chi connectivity index (χ3n) is 2.36. The Morgan fingerprint density at radius 2 is 1.73 bits per heavy atom. The Balaban J connectivity index is 2.85. The Morgan fingerprint density at radius 1 is 1.27 bits per heavy atom. The number of aliphatic carboxylic acids is 1. The van der Waals surface area contributed by atoms with E-state index in [2.05, 4.69) is 0 Å². The lowest BCUT2D eigenvalue weighted by Crippen LogP contribution is -2.08. The molecule has 0 amide bonds. The predicted molar refractivity (Wildman–Crippen MR) is 54.5 cm³/mol. The largest absolute Gasteiger partial charge is 0.481 e. The number of hydrogen-bond donors (Lipinski definition) is 3. The third-order valence-corrected chi connectivity index (χ3v) is 2.36. The van der Waals surface area contributed by atoms with Crippen LogP contribution in [0.15, 0.2) is 24.3 Å². The normalized spacial score (nSPS) is 14.6. The van der Waals surface area contributed by atoms with Crippen molar-refractivity contribution in [3.8, 4) is 0 Å². The lowest BCUT2D eigenvalue weighted by molar-refractivity contribution is -0.138. The van der Waals surface area contributed by atoms with E-state index in [1.54, 1.807) is 31.2 Å². The molecule has 1 aromatic carbocycles. The van der Waals surface area contributed by atoms with E-state index in [9.17, 15) is 9.90 Å².